The fourth-order valence-electron chi connectivity index (χ4n) is 3.83. The van der Waals surface area contributed by atoms with Gasteiger partial charge in [0.25, 0.3) is 0 Å². The van der Waals surface area contributed by atoms with Crippen molar-refractivity contribution in [1.82, 2.24) is 0 Å². The Labute approximate surface area is 165 Å². The predicted octanol–water partition coefficient (Wildman–Crippen LogP) is 4.87. The highest BCUT2D eigenvalue weighted by molar-refractivity contribution is 6.13. The minimum Gasteiger partial charge on any atom is -0.507 e. The van der Waals surface area contributed by atoms with E-state index in [-0.39, 0.29) is 34.8 Å². The number of ether oxygens (including phenoxy) is 1. The number of fused-ring (bicyclic) bond motifs is 3. The third kappa shape index (κ3) is 2.88. The van der Waals surface area contributed by atoms with E-state index in [1.807, 2.05) is 60.7 Å². The second kappa shape index (κ2) is 6.63. The van der Waals surface area contributed by atoms with E-state index in [4.69, 9.17) is 9.15 Å². The molecule has 1 aromatic heterocycles. The Bertz CT molecular complexity index is 1290. The minimum atomic E-state index is -0.595. The van der Waals surface area contributed by atoms with Crippen molar-refractivity contribution in [3.63, 3.8) is 0 Å². The van der Waals surface area contributed by atoms with E-state index in [9.17, 15) is 14.7 Å². The lowest BCUT2D eigenvalue weighted by Crippen LogP contribution is -2.21. The van der Waals surface area contributed by atoms with Gasteiger partial charge in [0, 0.05) is 17.7 Å². The third-order valence-corrected chi connectivity index (χ3v) is 5.13. The first-order valence-electron chi connectivity index (χ1n) is 9.26. The molecule has 1 atom stereocenters. The summed E-state index contributed by atoms with van der Waals surface area (Å²) >= 11 is 0. The van der Waals surface area contributed by atoms with Crippen molar-refractivity contribution in [2.75, 3.05) is 0 Å². The van der Waals surface area contributed by atoms with E-state index in [2.05, 4.69) is 0 Å². The summed E-state index contributed by atoms with van der Waals surface area (Å²) in [5.41, 5.74) is 1.78. The Kier molecular flexibility index (Phi) is 3.95. The number of ketones is 1. The predicted molar refractivity (Wildman–Crippen MR) is 108 cm³/mol. The number of benzene rings is 3. The number of carbonyl (C=O) groups excluding carboxylic acids is 1. The molecule has 0 bridgehead atoms. The number of aromatic hydroxyl groups is 1. The van der Waals surface area contributed by atoms with Crippen LogP contribution in [0.5, 0.6) is 11.5 Å². The molecule has 1 unspecified atom stereocenters. The lowest BCUT2D eigenvalue weighted by Gasteiger charge is -2.26. The summed E-state index contributed by atoms with van der Waals surface area (Å²) in [5, 5.41) is 11.1. The Morgan fingerprint density at radius 3 is 2.31 bits per heavy atom. The van der Waals surface area contributed by atoms with Gasteiger partial charge in [-0.15, -0.1) is 0 Å². The minimum absolute atomic E-state index is 0.0582. The number of rotatable bonds is 2. The fraction of sp³-hybridized carbons (Fsp3) is 0.0833. The van der Waals surface area contributed by atoms with Gasteiger partial charge in [-0.1, -0.05) is 60.7 Å². The second-order valence-electron chi connectivity index (χ2n) is 6.96. The van der Waals surface area contributed by atoms with Crippen molar-refractivity contribution in [2.45, 2.75) is 12.5 Å². The molecule has 142 valence electrons. The van der Waals surface area contributed by atoms with Crippen LogP contribution in [0.1, 0.15) is 28.4 Å². The number of Topliss-reactive ketones (excluding diaryl/α,β-unsaturated/α-hetero) is 1. The number of carbonyl (C=O) groups is 1. The highest BCUT2D eigenvalue weighted by atomic mass is 16.5. The van der Waals surface area contributed by atoms with Gasteiger partial charge >= 0.3 is 5.63 Å². The van der Waals surface area contributed by atoms with Crippen molar-refractivity contribution in [3.8, 4) is 22.6 Å². The summed E-state index contributed by atoms with van der Waals surface area (Å²) in [7, 11) is 0. The second-order valence-corrected chi connectivity index (χ2v) is 6.96. The van der Waals surface area contributed by atoms with E-state index < -0.39 is 11.7 Å². The van der Waals surface area contributed by atoms with Crippen LogP contribution in [-0.2, 0) is 0 Å². The molecular weight excluding hydrogens is 368 g/mol. The molecule has 2 heterocycles. The van der Waals surface area contributed by atoms with E-state index in [0.29, 0.717) is 10.9 Å². The maximum Gasteiger partial charge on any atom is 0.336 e. The van der Waals surface area contributed by atoms with Crippen LogP contribution in [0.3, 0.4) is 0 Å². The van der Waals surface area contributed by atoms with Crippen LogP contribution >= 0.6 is 0 Å². The molecule has 0 saturated heterocycles. The highest BCUT2D eigenvalue weighted by Gasteiger charge is 2.32. The molecule has 5 heteroatoms. The Balaban J connectivity index is 1.74. The van der Waals surface area contributed by atoms with E-state index in [1.54, 1.807) is 0 Å². The summed E-state index contributed by atoms with van der Waals surface area (Å²) in [6.07, 6.45) is -0.340. The van der Waals surface area contributed by atoms with Gasteiger partial charge in [-0.3, -0.25) is 4.79 Å². The smallest absolute Gasteiger partial charge is 0.336 e. The van der Waals surface area contributed by atoms with Crippen LogP contribution in [0.2, 0.25) is 0 Å². The van der Waals surface area contributed by atoms with Gasteiger partial charge in [0.2, 0.25) is 0 Å². The van der Waals surface area contributed by atoms with Crippen molar-refractivity contribution in [2.24, 2.45) is 0 Å². The van der Waals surface area contributed by atoms with Crippen molar-refractivity contribution < 1.29 is 19.1 Å². The van der Waals surface area contributed by atoms with Gasteiger partial charge in [-0.05, 0) is 11.1 Å². The molecule has 0 spiro atoms. The average Bonchev–Trinajstić information content (AvgIpc) is 2.74. The molecule has 5 rings (SSSR count). The largest absolute Gasteiger partial charge is 0.507 e. The zero-order chi connectivity index (χ0) is 20.0. The average molecular weight is 384 g/mol. The molecule has 29 heavy (non-hydrogen) atoms. The number of hydrogen-bond acceptors (Lipinski definition) is 5. The first-order chi connectivity index (χ1) is 14.1. The lowest BCUT2D eigenvalue weighted by molar-refractivity contribution is 0.0851. The topological polar surface area (TPSA) is 76.7 Å². The molecular formula is C24H16O5. The number of phenols is 1. The third-order valence-electron chi connectivity index (χ3n) is 5.13. The molecule has 0 aliphatic carbocycles. The van der Waals surface area contributed by atoms with E-state index >= 15 is 0 Å². The molecule has 0 fully saturated rings. The molecule has 0 saturated carbocycles. The SMILES string of the molecule is O=C1CC(c2ccccc2)Oc2cc(O)c3c(-c4ccccc4)cc(=O)oc3c21. The maximum absolute atomic E-state index is 13.0. The Morgan fingerprint density at radius 1 is 0.897 bits per heavy atom. The van der Waals surface area contributed by atoms with E-state index in [1.165, 1.54) is 12.1 Å². The van der Waals surface area contributed by atoms with Crippen LogP contribution in [0, 0.1) is 0 Å². The summed E-state index contributed by atoms with van der Waals surface area (Å²) in [6, 6.07) is 21.4. The lowest BCUT2D eigenvalue weighted by atomic mass is 9.92. The Hall–Kier alpha value is -3.86. The molecule has 0 amide bonds. The van der Waals surface area contributed by atoms with Gasteiger partial charge in [-0.2, -0.15) is 0 Å². The molecule has 0 radical (unpaired) electrons. The van der Waals surface area contributed by atoms with Crippen molar-refractivity contribution >= 4 is 16.8 Å². The normalized spacial score (nSPS) is 15.7. The molecule has 5 nitrogen and oxygen atoms in total. The Morgan fingerprint density at radius 2 is 1.59 bits per heavy atom. The molecule has 1 N–H and O–H groups in total. The van der Waals surface area contributed by atoms with Crippen LogP contribution in [0.15, 0.2) is 82.0 Å². The zero-order valence-corrected chi connectivity index (χ0v) is 15.3. The number of hydrogen-bond donors (Lipinski definition) is 1. The first kappa shape index (κ1) is 17.3. The van der Waals surface area contributed by atoms with E-state index in [0.717, 1.165) is 11.1 Å². The van der Waals surface area contributed by atoms with Gasteiger partial charge in [-0.25, -0.2) is 4.79 Å². The standard InChI is InChI=1S/C24H16O5/c25-17-13-20-23(18(26)12-19(28-20)15-9-5-2-6-10-15)24-22(17)16(11-21(27)29-24)14-7-3-1-4-8-14/h1-11,13,19,25H,12H2. The quantitative estimate of drug-likeness (QED) is 0.499. The monoisotopic (exact) mass is 384 g/mol. The zero-order valence-electron chi connectivity index (χ0n) is 15.3. The van der Waals surface area contributed by atoms with Crippen molar-refractivity contribution in [1.29, 1.82) is 0 Å². The molecule has 4 aromatic rings. The molecule has 1 aliphatic heterocycles. The van der Waals surface area contributed by atoms with Crippen LogP contribution in [0.25, 0.3) is 22.1 Å². The van der Waals surface area contributed by atoms with Crippen LogP contribution in [-0.4, -0.2) is 10.9 Å². The summed E-state index contributed by atoms with van der Waals surface area (Å²) in [6.45, 7) is 0. The summed E-state index contributed by atoms with van der Waals surface area (Å²) < 4.78 is 11.4. The number of phenolic OH excluding ortho intramolecular Hbond substituents is 1. The van der Waals surface area contributed by atoms with Crippen LogP contribution in [0.4, 0.5) is 0 Å². The van der Waals surface area contributed by atoms with Gasteiger partial charge in [0.1, 0.15) is 23.2 Å². The summed E-state index contributed by atoms with van der Waals surface area (Å²) in [4.78, 5) is 25.3. The molecule has 1 aliphatic rings. The summed E-state index contributed by atoms with van der Waals surface area (Å²) in [5.74, 6) is -0.0882. The first-order valence-corrected chi connectivity index (χ1v) is 9.26. The van der Waals surface area contributed by atoms with Crippen molar-refractivity contribution in [3.05, 3.63) is 94.3 Å². The molecule has 3 aromatic carbocycles. The van der Waals surface area contributed by atoms with Gasteiger partial charge in [0.05, 0.1) is 11.8 Å². The van der Waals surface area contributed by atoms with Gasteiger partial charge in [0.15, 0.2) is 11.4 Å². The maximum atomic E-state index is 13.0. The fourth-order valence-corrected chi connectivity index (χ4v) is 3.83. The highest BCUT2D eigenvalue weighted by Crippen LogP contribution is 2.44. The van der Waals surface area contributed by atoms with Crippen LogP contribution < -0.4 is 10.4 Å². The van der Waals surface area contributed by atoms with Gasteiger partial charge < -0.3 is 14.3 Å².